The Morgan fingerprint density at radius 2 is 1.80 bits per heavy atom. The summed E-state index contributed by atoms with van der Waals surface area (Å²) < 4.78 is 7.77. The third-order valence-electron chi connectivity index (χ3n) is 6.31. The monoisotopic (exact) mass is 465 g/mol. The number of anilines is 1. The van der Waals surface area contributed by atoms with E-state index < -0.39 is 11.9 Å². The van der Waals surface area contributed by atoms with Crippen LogP contribution in [0.5, 0.6) is 5.75 Å². The number of carbonyl (C=O) groups is 1. The summed E-state index contributed by atoms with van der Waals surface area (Å²) in [5, 5.41) is 8.01. The van der Waals surface area contributed by atoms with E-state index in [1.807, 2.05) is 67.6 Å². The molecule has 0 saturated heterocycles. The molecular formula is C28H27N5O2. The van der Waals surface area contributed by atoms with Crippen molar-refractivity contribution in [2.24, 2.45) is 5.73 Å². The molecule has 1 unspecified atom stereocenters. The van der Waals surface area contributed by atoms with Crippen LogP contribution in [0.25, 0.3) is 11.4 Å². The Morgan fingerprint density at radius 1 is 1.00 bits per heavy atom. The number of amides is 1. The highest BCUT2D eigenvalue weighted by Gasteiger charge is 2.33. The zero-order valence-corrected chi connectivity index (χ0v) is 19.9. The minimum Gasteiger partial charge on any atom is -0.489 e. The van der Waals surface area contributed by atoms with E-state index in [-0.39, 0.29) is 0 Å². The van der Waals surface area contributed by atoms with Crippen LogP contribution in [0.15, 0.2) is 84.1 Å². The number of nitrogens with zero attached hydrogens (tertiary/aromatic N) is 3. The van der Waals surface area contributed by atoms with Crippen molar-refractivity contribution in [3.8, 4) is 17.1 Å². The molecule has 1 aliphatic heterocycles. The van der Waals surface area contributed by atoms with E-state index in [1.54, 1.807) is 4.68 Å². The molecule has 3 N–H and O–H groups in total. The van der Waals surface area contributed by atoms with Gasteiger partial charge in [0.05, 0.1) is 5.57 Å². The first-order valence-corrected chi connectivity index (χ1v) is 11.5. The zero-order valence-electron chi connectivity index (χ0n) is 19.9. The number of rotatable bonds is 6. The van der Waals surface area contributed by atoms with Gasteiger partial charge in [0, 0.05) is 11.3 Å². The van der Waals surface area contributed by atoms with Gasteiger partial charge in [0.2, 0.25) is 11.9 Å². The zero-order chi connectivity index (χ0) is 24.5. The lowest BCUT2D eigenvalue weighted by Crippen LogP contribution is -2.31. The van der Waals surface area contributed by atoms with Crippen molar-refractivity contribution in [3.05, 3.63) is 106 Å². The van der Waals surface area contributed by atoms with E-state index in [2.05, 4.69) is 31.3 Å². The average molecular weight is 466 g/mol. The molecule has 0 bridgehead atoms. The maximum atomic E-state index is 12.5. The summed E-state index contributed by atoms with van der Waals surface area (Å²) in [6.45, 7) is 6.41. The number of allylic oxidation sites excluding steroid dienone is 1. The van der Waals surface area contributed by atoms with Gasteiger partial charge in [-0.25, -0.2) is 4.68 Å². The molecule has 7 heteroatoms. The van der Waals surface area contributed by atoms with Gasteiger partial charge in [-0.05, 0) is 61.2 Å². The molecule has 0 spiro atoms. The highest BCUT2D eigenvalue weighted by atomic mass is 16.5. The van der Waals surface area contributed by atoms with Gasteiger partial charge in [-0.1, -0.05) is 54.6 Å². The Hall–Kier alpha value is -4.39. The molecule has 0 radical (unpaired) electrons. The summed E-state index contributed by atoms with van der Waals surface area (Å²) in [5.41, 5.74) is 12.1. The Balaban J connectivity index is 1.54. The fourth-order valence-corrected chi connectivity index (χ4v) is 4.30. The quantitative estimate of drug-likeness (QED) is 0.422. The number of primary amides is 1. The Kier molecular flexibility index (Phi) is 5.82. The minimum atomic E-state index is -0.531. The number of nitrogens with two attached hydrogens (primary N) is 1. The van der Waals surface area contributed by atoms with Crippen molar-refractivity contribution in [1.82, 2.24) is 14.8 Å². The number of fused-ring (bicyclic) bond motifs is 1. The summed E-state index contributed by atoms with van der Waals surface area (Å²) in [4.78, 5) is 17.3. The van der Waals surface area contributed by atoms with Crippen LogP contribution in [-0.4, -0.2) is 20.7 Å². The van der Waals surface area contributed by atoms with Crippen molar-refractivity contribution in [2.45, 2.75) is 33.4 Å². The number of ether oxygens (including phenoxy) is 1. The molecule has 5 rings (SSSR count). The van der Waals surface area contributed by atoms with E-state index in [9.17, 15) is 4.79 Å². The van der Waals surface area contributed by atoms with Gasteiger partial charge in [0.1, 0.15) is 18.4 Å². The molecule has 0 fully saturated rings. The van der Waals surface area contributed by atoms with Crippen LogP contribution in [0.1, 0.15) is 35.2 Å². The van der Waals surface area contributed by atoms with Crippen LogP contribution < -0.4 is 15.8 Å². The van der Waals surface area contributed by atoms with Gasteiger partial charge in [-0.3, -0.25) is 4.79 Å². The van der Waals surface area contributed by atoms with Gasteiger partial charge >= 0.3 is 0 Å². The maximum absolute atomic E-state index is 12.5. The second kappa shape index (κ2) is 9.10. The molecule has 4 aromatic rings. The number of hydrogen-bond donors (Lipinski definition) is 2. The summed E-state index contributed by atoms with van der Waals surface area (Å²) in [5.74, 6) is 1.32. The predicted octanol–water partition coefficient (Wildman–Crippen LogP) is 4.92. The van der Waals surface area contributed by atoms with Crippen LogP contribution in [0.3, 0.4) is 0 Å². The van der Waals surface area contributed by atoms with Crippen molar-refractivity contribution in [1.29, 1.82) is 0 Å². The normalized spacial score (nSPS) is 14.9. The first-order chi connectivity index (χ1) is 16.9. The molecule has 2 heterocycles. The van der Waals surface area contributed by atoms with Gasteiger partial charge in [-0.2, -0.15) is 4.98 Å². The molecule has 35 heavy (non-hydrogen) atoms. The number of aryl methyl sites for hydroxylation is 2. The van der Waals surface area contributed by atoms with Crippen molar-refractivity contribution in [2.75, 3.05) is 5.32 Å². The second-order valence-electron chi connectivity index (χ2n) is 8.78. The standard InChI is InChI=1S/C28H27N5O2/c1-17-12-13-22(14-18(17)2)27-31-28-30-19(3)24(26(29)34)25(33(28)32-27)21-10-7-11-23(15-21)35-16-20-8-5-4-6-9-20/h4-15,25H,16H2,1-3H3,(H2,29,34)(H,30,31,32). The largest absolute Gasteiger partial charge is 0.489 e. The molecule has 0 saturated carbocycles. The highest BCUT2D eigenvalue weighted by Crippen LogP contribution is 2.37. The van der Waals surface area contributed by atoms with E-state index in [0.717, 1.165) is 22.3 Å². The Morgan fingerprint density at radius 3 is 2.54 bits per heavy atom. The first-order valence-electron chi connectivity index (χ1n) is 11.5. The Labute approximate surface area is 204 Å². The third-order valence-corrected chi connectivity index (χ3v) is 6.31. The fourth-order valence-electron chi connectivity index (χ4n) is 4.30. The van der Waals surface area contributed by atoms with Crippen LogP contribution >= 0.6 is 0 Å². The number of nitrogens with one attached hydrogen (secondary N) is 1. The van der Waals surface area contributed by atoms with E-state index in [4.69, 9.17) is 20.6 Å². The van der Waals surface area contributed by atoms with Crippen LogP contribution in [-0.2, 0) is 11.4 Å². The highest BCUT2D eigenvalue weighted by molar-refractivity contribution is 5.95. The topological polar surface area (TPSA) is 95.1 Å². The molecule has 7 nitrogen and oxygen atoms in total. The maximum Gasteiger partial charge on any atom is 0.248 e. The molecule has 176 valence electrons. The van der Waals surface area contributed by atoms with Gasteiger partial charge < -0.3 is 15.8 Å². The van der Waals surface area contributed by atoms with Gasteiger partial charge in [0.25, 0.3) is 0 Å². The number of benzene rings is 3. The lowest BCUT2D eigenvalue weighted by molar-refractivity contribution is -0.115. The van der Waals surface area contributed by atoms with E-state index >= 15 is 0 Å². The van der Waals surface area contributed by atoms with Crippen LogP contribution in [0.4, 0.5) is 5.95 Å². The molecule has 1 amide bonds. The van der Waals surface area contributed by atoms with Crippen LogP contribution in [0, 0.1) is 13.8 Å². The smallest absolute Gasteiger partial charge is 0.248 e. The molecular weight excluding hydrogens is 438 g/mol. The Bertz CT molecular complexity index is 1440. The lowest BCUT2D eigenvalue weighted by Gasteiger charge is -2.27. The van der Waals surface area contributed by atoms with Gasteiger partial charge in [-0.15, -0.1) is 5.10 Å². The fraction of sp³-hybridized carbons (Fsp3) is 0.179. The third kappa shape index (κ3) is 4.40. The summed E-state index contributed by atoms with van der Waals surface area (Å²) in [6, 6.07) is 23.3. The predicted molar refractivity (Wildman–Crippen MR) is 136 cm³/mol. The van der Waals surface area contributed by atoms with Crippen LogP contribution in [0.2, 0.25) is 0 Å². The van der Waals surface area contributed by atoms with Crippen molar-refractivity contribution < 1.29 is 9.53 Å². The van der Waals surface area contributed by atoms with E-state index in [1.165, 1.54) is 5.56 Å². The van der Waals surface area contributed by atoms with Gasteiger partial charge in [0.15, 0.2) is 5.82 Å². The SMILES string of the molecule is CC1=C(C(N)=O)C(c2cccc(OCc3ccccc3)c2)n2nc(-c3ccc(C)c(C)c3)nc2N1. The number of carbonyl (C=O) groups excluding carboxylic acids is 1. The second-order valence-corrected chi connectivity index (χ2v) is 8.78. The first kappa shape index (κ1) is 22.4. The van der Waals surface area contributed by atoms with Crippen molar-refractivity contribution >= 4 is 11.9 Å². The van der Waals surface area contributed by atoms with E-state index in [0.29, 0.717) is 35.4 Å². The molecule has 1 aliphatic rings. The number of hydrogen-bond acceptors (Lipinski definition) is 5. The molecule has 1 aromatic heterocycles. The van der Waals surface area contributed by atoms with Crippen molar-refractivity contribution in [3.63, 3.8) is 0 Å². The average Bonchev–Trinajstić information content (AvgIpc) is 3.27. The lowest BCUT2D eigenvalue weighted by atomic mass is 9.95. The summed E-state index contributed by atoms with van der Waals surface area (Å²) >= 11 is 0. The molecule has 0 aliphatic carbocycles. The minimum absolute atomic E-state index is 0.439. The number of aromatic nitrogens is 3. The summed E-state index contributed by atoms with van der Waals surface area (Å²) in [7, 11) is 0. The molecule has 3 aromatic carbocycles. The molecule has 1 atom stereocenters. The summed E-state index contributed by atoms with van der Waals surface area (Å²) in [6.07, 6.45) is 0.